The number of amides is 1. The summed E-state index contributed by atoms with van der Waals surface area (Å²) in [4.78, 5) is 11.8. The van der Waals surface area contributed by atoms with E-state index in [4.69, 9.17) is 11.6 Å². The van der Waals surface area contributed by atoms with Crippen molar-refractivity contribution in [1.29, 1.82) is 0 Å². The van der Waals surface area contributed by atoms with Gasteiger partial charge in [-0.25, -0.2) is 0 Å². The number of aliphatic hydroxyl groups excluding tert-OH is 1. The molecule has 1 aromatic rings. The first-order valence-electron chi connectivity index (χ1n) is 6.78. The summed E-state index contributed by atoms with van der Waals surface area (Å²) in [5.74, 6) is 0.216. The number of halogens is 1. The fourth-order valence-corrected chi connectivity index (χ4v) is 2.07. The monoisotopic (exact) mass is 295 g/mol. The first-order valence-corrected chi connectivity index (χ1v) is 7.15. The molecule has 0 saturated carbocycles. The lowest BCUT2D eigenvalue weighted by atomic mass is 10.0. The highest BCUT2D eigenvalue weighted by molar-refractivity contribution is 6.31. The van der Waals surface area contributed by atoms with E-state index in [2.05, 4.69) is 19.2 Å². The minimum absolute atomic E-state index is 0.0475. The minimum atomic E-state index is -0.207. The van der Waals surface area contributed by atoms with E-state index in [-0.39, 0.29) is 18.6 Å². The molecule has 0 heterocycles. The molecule has 1 rings (SSSR count). The van der Waals surface area contributed by atoms with Crippen LogP contribution in [0.4, 0.5) is 0 Å². The number of carbonyl (C=O) groups excluding carboxylic acids is 1. The topological polar surface area (TPSA) is 49.3 Å². The van der Waals surface area contributed by atoms with Crippen LogP contribution in [0.3, 0.4) is 0 Å². The van der Waals surface area contributed by atoms with Crippen LogP contribution in [0.5, 0.6) is 0 Å². The van der Waals surface area contributed by atoms with Crippen molar-refractivity contribution < 1.29 is 9.90 Å². The smallest absolute Gasteiger partial charge is 0.244 e. The van der Waals surface area contributed by atoms with Crippen LogP contribution in [-0.2, 0) is 4.79 Å². The Morgan fingerprint density at radius 3 is 2.70 bits per heavy atom. The molecule has 3 nitrogen and oxygen atoms in total. The van der Waals surface area contributed by atoms with Crippen LogP contribution in [0.25, 0.3) is 6.08 Å². The van der Waals surface area contributed by atoms with E-state index >= 15 is 0 Å². The van der Waals surface area contributed by atoms with E-state index < -0.39 is 0 Å². The van der Waals surface area contributed by atoms with Gasteiger partial charge in [0.2, 0.25) is 5.91 Å². The molecule has 110 valence electrons. The largest absolute Gasteiger partial charge is 0.394 e. The van der Waals surface area contributed by atoms with E-state index in [1.54, 1.807) is 6.08 Å². The van der Waals surface area contributed by atoms with Crippen LogP contribution in [0, 0.1) is 12.8 Å². The highest BCUT2D eigenvalue weighted by Gasteiger charge is 2.11. The van der Waals surface area contributed by atoms with Gasteiger partial charge in [0.1, 0.15) is 0 Å². The Hall–Kier alpha value is -1.32. The normalized spacial score (nSPS) is 12.9. The molecular weight excluding hydrogens is 274 g/mol. The molecule has 0 aliphatic rings. The highest BCUT2D eigenvalue weighted by atomic mass is 35.5. The number of nitrogens with one attached hydrogen (secondary N) is 1. The Labute approximate surface area is 125 Å². The van der Waals surface area contributed by atoms with Crippen molar-refractivity contribution >= 4 is 23.6 Å². The number of benzene rings is 1. The van der Waals surface area contributed by atoms with E-state index in [1.807, 2.05) is 25.1 Å². The van der Waals surface area contributed by atoms with Crippen LogP contribution >= 0.6 is 11.6 Å². The number of hydrogen-bond donors (Lipinski definition) is 2. The van der Waals surface area contributed by atoms with E-state index in [0.29, 0.717) is 10.9 Å². The summed E-state index contributed by atoms with van der Waals surface area (Å²) in [6.45, 7) is 5.99. The maximum atomic E-state index is 11.8. The van der Waals surface area contributed by atoms with Crippen LogP contribution < -0.4 is 5.32 Å². The molecule has 0 aliphatic carbocycles. The Morgan fingerprint density at radius 1 is 1.45 bits per heavy atom. The summed E-state index contributed by atoms with van der Waals surface area (Å²) in [7, 11) is 0. The van der Waals surface area contributed by atoms with Crippen molar-refractivity contribution in [1.82, 2.24) is 5.32 Å². The maximum Gasteiger partial charge on any atom is 0.244 e. The molecule has 0 bridgehead atoms. The summed E-state index contributed by atoms with van der Waals surface area (Å²) < 4.78 is 0. The lowest BCUT2D eigenvalue weighted by Gasteiger charge is -2.17. The molecule has 0 aromatic heterocycles. The highest BCUT2D eigenvalue weighted by Crippen LogP contribution is 2.17. The van der Waals surface area contributed by atoms with Gasteiger partial charge in [-0.05, 0) is 42.5 Å². The molecule has 0 radical (unpaired) electrons. The fourth-order valence-electron chi connectivity index (χ4n) is 1.88. The van der Waals surface area contributed by atoms with Crippen LogP contribution in [0.2, 0.25) is 5.02 Å². The van der Waals surface area contributed by atoms with Crippen molar-refractivity contribution in [2.75, 3.05) is 6.61 Å². The summed E-state index contributed by atoms with van der Waals surface area (Å²) in [5.41, 5.74) is 1.88. The average molecular weight is 296 g/mol. The second-order valence-electron chi connectivity index (χ2n) is 5.36. The van der Waals surface area contributed by atoms with Gasteiger partial charge in [0.05, 0.1) is 12.6 Å². The Bertz CT molecular complexity index is 483. The predicted molar refractivity (Wildman–Crippen MR) is 83.7 cm³/mol. The third kappa shape index (κ3) is 5.76. The van der Waals surface area contributed by atoms with Gasteiger partial charge >= 0.3 is 0 Å². The average Bonchev–Trinajstić information content (AvgIpc) is 2.39. The van der Waals surface area contributed by atoms with Crippen molar-refractivity contribution in [3.8, 4) is 0 Å². The third-order valence-corrected chi connectivity index (χ3v) is 3.35. The maximum absolute atomic E-state index is 11.8. The second kappa shape index (κ2) is 8.08. The Kier molecular flexibility index (Phi) is 6.76. The summed E-state index contributed by atoms with van der Waals surface area (Å²) in [5, 5.41) is 12.7. The molecular formula is C16H22ClNO2. The van der Waals surface area contributed by atoms with Crippen molar-refractivity contribution in [2.45, 2.75) is 33.2 Å². The molecule has 1 unspecified atom stereocenters. The third-order valence-electron chi connectivity index (χ3n) is 2.95. The Morgan fingerprint density at radius 2 is 2.15 bits per heavy atom. The van der Waals surface area contributed by atoms with Crippen molar-refractivity contribution in [3.63, 3.8) is 0 Å². The molecule has 20 heavy (non-hydrogen) atoms. The molecule has 1 aromatic carbocycles. The lowest BCUT2D eigenvalue weighted by Crippen LogP contribution is -2.37. The standard InChI is InChI=1S/C16H22ClNO2/c1-11(2)8-14(10-19)18-16(20)7-6-13-5-4-12(3)15(17)9-13/h4-7,9,11,14,19H,8,10H2,1-3H3,(H,18,20)/b7-6+. The van der Waals surface area contributed by atoms with E-state index in [9.17, 15) is 9.90 Å². The molecule has 4 heteroatoms. The molecule has 0 fully saturated rings. The van der Waals surface area contributed by atoms with Crippen LogP contribution in [-0.4, -0.2) is 23.7 Å². The molecule has 0 saturated heterocycles. The number of aliphatic hydroxyl groups is 1. The SMILES string of the molecule is Cc1ccc(/C=C/C(=O)NC(CO)CC(C)C)cc1Cl. The fraction of sp³-hybridized carbons (Fsp3) is 0.438. The quantitative estimate of drug-likeness (QED) is 0.792. The number of rotatable bonds is 6. The number of hydrogen-bond acceptors (Lipinski definition) is 2. The van der Waals surface area contributed by atoms with Gasteiger partial charge in [-0.1, -0.05) is 37.6 Å². The summed E-state index contributed by atoms with van der Waals surface area (Å²) >= 11 is 6.03. The molecule has 1 amide bonds. The molecule has 2 N–H and O–H groups in total. The zero-order chi connectivity index (χ0) is 15.1. The van der Waals surface area contributed by atoms with E-state index in [0.717, 1.165) is 17.5 Å². The molecule has 0 aliphatic heterocycles. The summed E-state index contributed by atoms with van der Waals surface area (Å²) in [6, 6.07) is 5.43. The number of carbonyl (C=O) groups is 1. The predicted octanol–water partition coefficient (Wildman–Crippen LogP) is 3.18. The van der Waals surface area contributed by atoms with Gasteiger partial charge < -0.3 is 10.4 Å². The minimum Gasteiger partial charge on any atom is -0.394 e. The van der Waals surface area contributed by atoms with Crippen molar-refractivity contribution in [2.24, 2.45) is 5.92 Å². The van der Waals surface area contributed by atoms with Gasteiger partial charge in [0.15, 0.2) is 0 Å². The van der Waals surface area contributed by atoms with Gasteiger partial charge in [0.25, 0.3) is 0 Å². The second-order valence-corrected chi connectivity index (χ2v) is 5.77. The van der Waals surface area contributed by atoms with Gasteiger partial charge in [-0.2, -0.15) is 0 Å². The van der Waals surface area contributed by atoms with Crippen molar-refractivity contribution in [3.05, 3.63) is 40.4 Å². The van der Waals surface area contributed by atoms with Crippen LogP contribution in [0.15, 0.2) is 24.3 Å². The van der Waals surface area contributed by atoms with E-state index in [1.165, 1.54) is 6.08 Å². The first-order chi connectivity index (χ1) is 9.42. The molecule has 0 spiro atoms. The number of aryl methyl sites for hydroxylation is 1. The lowest BCUT2D eigenvalue weighted by molar-refractivity contribution is -0.117. The molecule has 1 atom stereocenters. The zero-order valence-corrected chi connectivity index (χ0v) is 12.9. The Balaban J connectivity index is 2.60. The van der Waals surface area contributed by atoms with Gasteiger partial charge in [-0.3, -0.25) is 4.79 Å². The van der Waals surface area contributed by atoms with Crippen LogP contribution in [0.1, 0.15) is 31.4 Å². The van der Waals surface area contributed by atoms with Gasteiger partial charge in [0, 0.05) is 11.1 Å². The summed E-state index contributed by atoms with van der Waals surface area (Å²) in [6.07, 6.45) is 3.93. The zero-order valence-electron chi connectivity index (χ0n) is 12.2. The first kappa shape index (κ1) is 16.7. The van der Waals surface area contributed by atoms with Gasteiger partial charge in [-0.15, -0.1) is 0 Å².